The predicted molar refractivity (Wildman–Crippen MR) is 91.7 cm³/mol. The molecule has 0 unspecified atom stereocenters. The summed E-state index contributed by atoms with van der Waals surface area (Å²) in [6.07, 6.45) is 0. The molecule has 4 heteroatoms. The van der Waals surface area contributed by atoms with Gasteiger partial charge in [-0.2, -0.15) is 0 Å². The molecule has 1 amide bonds. The lowest BCUT2D eigenvalue weighted by Gasteiger charge is -2.08. The lowest BCUT2D eigenvalue weighted by Crippen LogP contribution is -2.26. The van der Waals surface area contributed by atoms with Gasteiger partial charge in [-0.25, -0.2) is 0 Å². The SMILES string of the molecule is Cc1cc(C)c2cc(CNC(=O)c3ccccc3)c(=O)[nH]c2c1. The first-order valence-corrected chi connectivity index (χ1v) is 7.51. The fraction of sp³-hybridized carbons (Fsp3) is 0.158. The topological polar surface area (TPSA) is 62.0 Å². The van der Waals surface area contributed by atoms with E-state index in [0.29, 0.717) is 11.1 Å². The molecule has 0 radical (unpaired) electrons. The molecule has 0 saturated carbocycles. The van der Waals surface area contributed by atoms with E-state index >= 15 is 0 Å². The first-order valence-electron chi connectivity index (χ1n) is 7.51. The van der Waals surface area contributed by atoms with Gasteiger partial charge in [0.1, 0.15) is 0 Å². The van der Waals surface area contributed by atoms with Crippen LogP contribution in [0.2, 0.25) is 0 Å². The Morgan fingerprint density at radius 3 is 2.57 bits per heavy atom. The Bertz CT molecular complexity index is 927. The third-order valence-corrected chi connectivity index (χ3v) is 3.86. The molecule has 0 bridgehead atoms. The molecule has 0 aliphatic heterocycles. The van der Waals surface area contributed by atoms with Crippen LogP contribution in [0, 0.1) is 13.8 Å². The number of hydrogen-bond acceptors (Lipinski definition) is 2. The Morgan fingerprint density at radius 1 is 1.09 bits per heavy atom. The summed E-state index contributed by atoms with van der Waals surface area (Å²) in [6, 6.07) is 14.8. The smallest absolute Gasteiger partial charge is 0.253 e. The van der Waals surface area contributed by atoms with E-state index in [0.717, 1.165) is 22.0 Å². The zero-order valence-electron chi connectivity index (χ0n) is 13.1. The molecule has 2 aromatic carbocycles. The van der Waals surface area contributed by atoms with Crippen molar-refractivity contribution in [3.63, 3.8) is 0 Å². The van der Waals surface area contributed by atoms with Crippen LogP contribution in [0.4, 0.5) is 0 Å². The van der Waals surface area contributed by atoms with E-state index in [1.165, 1.54) is 0 Å². The zero-order chi connectivity index (χ0) is 16.4. The summed E-state index contributed by atoms with van der Waals surface area (Å²) in [7, 11) is 0. The van der Waals surface area contributed by atoms with Gasteiger partial charge in [0, 0.05) is 28.6 Å². The number of benzene rings is 2. The van der Waals surface area contributed by atoms with Crippen molar-refractivity contribution >= 4 is 16.8 Å². The van der Waals surface area contributed by atoms with Crippen LogP contribution in [-0.4, -0.2) is 10.9 Å². The van der Waals surface area contributed by atoms with E-state index in [9.17, 15) is 9.59 Å². The third kappa shape index (κ3) is 3.16. The molecular weight excluding hydrogens is 288 g/mol. The van der Waals surface area contributed by atoms with E-state index in [1.54, 1.807) is 12.1 Å². The molecule has 116 valence electrons. The van der Waals surface area contributed by atoms with Gasteiger partial charge in [0.05, 0.1) is 0 Å². The predicted octanol–water partition coefficient (Wildman–Crippen LogP) is 3.07. The highest BCUT2D eigenvalue weighted by Crippen LogP contribution is 2.18. The largest absolute Gasteiger partial charge is 0.348 e. The Kier molecular flexibility index (Phi) is 3.98. The van der Waals surface area contributed by atoms with Crippen molar-refractivity contribution < 1.29 is 4.79 Å². The van der Waals surface area contributed by atoms with Crippen molar-refractivity contribution in [3.05, 3.63) is 81.1 Å². The number of rotatable bonds is 3. The number of carbonyl (C=O) groups excluding carboxylic acids is 1. The zero-order valence-corrected chi connectivity index (χ0v) is 13.1. The minimum absolute atomic E-state index is 0.170. The molecule has 0 fully saturated rings. The van der Waals surface area contributed by atoms with Crippen LogP contribution in [0.5, 0.6) is 0 Å². The van der Waals surface area contributed by atoms with Crippen LogP contribution in [0.15, 0.2) is 53.3 Å². The number of aryl methyl sites for hydroxylation is 2. The highest BCUT2D eigenvalue weighted by molar-refractivity contribution is 5.94. The van der Waals surface area contributed by atoms with Crippen molar-refractivity contribution in [1.82, 2.24) is 10.3 Å². The molecule has 3 aromatic rings. The summed E-state index contributed by atoms with van der Waals surface area (Å²) in [5.74, 6) is -0.189. The monoisotopic (exact) mass is 306 g/mol. The van der Waals surface area contributed by atoms with Crippen LogP contribution in [0.3, 0.4) is 0 Å². The normalized spacial score (nSPS) is 10.7. The molecule has 0 saturated heterocycles. The number of fused-ring (bicyclic) bond motifs is 1. The number of nitrogens with one attached hydrogen (secondary N) is 2. The van der Waals surface area contributed by atoms with Gasteiger partial charge < -0.3 is 10.3 Å². The minimum Gasteiger partial charge on any atom is -0.348 e. The first kappa shape index (κ1) is 15.0. The molecule has 1 aromatic heterocycles. The number of aromatic amines is 1. The highest BCUT2D eigenvalue weighted by Gasteiger charge is 2.08. The second kappa shape index (κ2) is 6.08. The van der Waals surface area contributed by atoms with Gasteiger partial charge in [-0.15, -0.1) is 0 Å². The van der Waals surface area contributed by atoms with Gasteiger partial charge in [0.15, 0.2) is 0 Å². The molecule has 0 atom stereocenters. The highest BCUT2D eigenvalue weighted by atomic mass is 16.1. The van der Waals surface area contributed by atoms with E-state index in [-0.39, 0.29) is 18.0 Å². The molecule has 2 N–H and O–H groups in total. The van der Waals surface area contributed by atoms with Crippen molar-refractivity contribution in [1.29, 1.82) is 0 Å². The first-order chi connectivity index (χ1) is 11.0. The van der Waals surface area contributed by atoms with Crippen molar-refractivity contribution in [2.45, 2.75) is 20.4 Å². The Balaban J connectivity index is 1.87. The second-order valence-electron chi connectivity index (χ2n) is 5.72. The summed E-state index contributed by atoms with van der Waals surface area (Å²) >= 11 is 0. The van der Waals surface area contributed by atoms with E-state index in [1.807, 2.05) is 44.2 Å². The van der Waals surface area contributed by atoms with Gasteiger partial charge >= 0.3 is 0 Å². The number of amides is 1. The van der Waals surface area contributed by atoms with Crippen molar-refractivity contribution in [2.24, 2.45) is 0 Å². The number of aromatic nitrogens is 1. The molecule has 1 heterocycles. The van der Waals surface area contributed by atoms with Crippen LogP contribution in [0.25, 0.3) is 10.9 Å². The lowest BCUT2D eigenvalue weighted by molar-refractivity contribution is 0.0951. The van der Waals surface area contributed by atoms with Gasteiger partial charge in [-0.3, -0.25) is 9.59 Å². The van der Waals surface area contributed by atoms with Crippen molar-refractivity contribution in [3.8, 4) is 0 Å². The molecule has 0 aliphatic carbocycles. The van der Waals surface area contributed by atoms with Gasteiger partial charge in [-0.1, -0.05) is 24.3 Å². The second-order valence-corrected chi connectivity index (χ2v) is 5.72. The van der Waals surface area contributed by atoms with Crippen LogP contribution < -0.4 is 10.9 Å². The average molecular weight is 306 g/mol. The van der Waals surface area contributed by atoms with Crippen LogP contribution >= 0.6 is 0 Å². The number of H-pyrrole nitrogens is 1. The summed E-state index contributed by atoms with van der Waals surface area (Å²) in [6.45, 7) is 4.21. The van der Waals surface area contributed by atoms with Crippen LogP contribution in [0.1, 0.15) is 27.0 Å². The molecular formula is C19H18N2O2. The standard InChI is InChI=1S/C19H18N2O2/c1-12-8-13(2)16-10-15(19(23)21-17(16)9-12)11-20-18(22)14-6-4-3-5-7-14/h3-10H,11H2,1-2H3,(H,20,22)(H,21,23). The number of carbonyl (C=O) groups is 1. The molecule has 4 nitrogen and oxygen atoms in total. The average Bonchev–Trinajstić information content (AvgIpc) is 2.53. The van der Waals surface area contributed by atoms with E-state index in [4.69, 9.17) is 0 Å². The minimum atomic E-state index is -0.189. The summed E-state index contributed by atoms with van der Waals surface area (Å²) < 4.78 is 0. The van der Waals surface area contributed by atoms with Crippen LogP contribution in [-0.2, 0) is 6.54 Å². The summed E-state index contributed by atoms with van der Waals surface area (Å²) in [4.78, 5) is 27.2. The summed E-state index contributed by atoms with van der Waals surface area (Å²) in [5, 5.41) is 3.79. The Hall–Kier alpha value is -2.88. The van der Waals surface area contributed by atoms with E-state index < -0.39 is 0 Å². The molecule has 3 rings (SSSR count). The quantitative estimate of drug-likeness (QED) is 0.781. The fourth-order valence-electron chi connectivity index (χ4n) is 2.71. The fourth-order valence-corrected chi connectivity index (χ4v) is 2.71. The number of pyridine rings is 1. The number of hydrogen-bond donors (Lipinski definition) is 2. The van der Waals surface area contributed by atoms with E-state index in [2.05, 4.69) is 16.4 Å². The van der Waals surface area contributed by atoms with Gasteiger partial charge in [-0.05, 0) is 49.2 Å². The molecule has 0 aliphatic rings. The molecule has 0 spiro atoms. The maximum atomic E-state index is 12.2. The lowest BCUT2D eigenvalue weighted by atomic mass is 10.0. The molecule has 23 heavy (non-hydrogen) atoms. The van der Waals surface area contributed by atoms with Gasteiger partial charge in [0.2, 0.25) is 0 Å². The van der Waals surface area contributed by atoms with Crippen molar-refractivity contribution in [2.75, 3.05) is 0 Å². The maximum Gasteiger partial charge on any atom is 0.253 e. The Labute approximate surface area is 134 Å². The van der Waals surface area contributed by atoms with Gasteiger partial charge in [0.25, 0.3) is 11.5 Å². The Morgan fingerprint density at radius 2 is 1.83 bits per heavy atom. The maximum absolute atomic E-state index is 12.2. The third-order valence-electron chi connectivity index (χ3n) is 3.86. The summed E-state index contributed by atoms with van der Waals surface area (Å²) in [5.41, 5.74) is 3.99.